The standard InChI is InChI=1S/C8H17N3O3.C2HF3O2/c9-4-2-1-3-6(10)8(14)11-5-7(12)13;3-2(4,5)1(6)7/h6H,1-5,9-10H2,(H,11,14)(H,12,13);(H,6,7)/t6-;/m0./s1. The van der Waals surface area contributed by atoms with Crippen LogP contribution in [0.15, 0.2) is 0 Å². The highest BCUT2D eigenvalue weighted by atomic mass is 19.4. The molecular formula is C10H18F3N3O5. The van der Waals surface area contributed by atoms with Crippen molar-refractivity contribution in [2.24, 2.45) is 11.5 Å². The van der Waals surface area contributed by atoms with Crippen molar-refractivity contribution in [1.82, 2.24) is 5.32 Å². The maximum Gasteiger partial charge on any atom is 0.490 e. The highest BCUT2D eigenvalue weighted by Crippen LogP contribution is 2.13. The van der Waals surface area contributed by atoms with E-state index in [1.54, 1.807) is 0 Å². The molecule has 0 radical (unpaired) electrons. The summed E-state index contributed by atoms with van der Waals surface area (Å²) in [5.41, 5.74) is 10.8. The molecule has 1 amide bonds. The maximum absolute atomic E-state index is 11.1. The van der Waals surface area contributed by atoms with Crippen molar-refractivity contribution in [3.8, 4) is 0 Å². The van der Waals surface area contributed by atoms with E-state index in [9.17, 15) is 22.8 Å². The summed E-state index contributed by atoms with van der Waals surface area (Å²) in [6.07, 6.45) is -2.96. The lowest BCUT2D eigenvalue weighted by atomic mass is 10.1. The molecule has 0 fully saturated rings. The Balaban J connectivity index is 0. The largest absolute Gasteiger partial charge is 0.490 e. The second-order valence-corrected chi connectivity index (χ2v) is 3.81. The molecule has 0 unspecified atom stereocenters. The Labute approximate surface area is 118 Å². The number of aliphatic carboxylic acids is 2. The number of rotatable bonds is 7. The SMILES string of the molecule is NCCCC[C@H](N)C(=O)NCC(=O)O.O=C(O)C(F)(F)F. The average molecular weight is 317 g/mol. The Hall–Kier alpha value is -1.88. The van der Waals surface area contributed by atoms with Gasteiger partial charge in [-0.05, 0) is 19.4 Å². The summed E-state index contributed by atoms with van der Waals surface area (Å²) in [5.74, 6) is -4.26. The van der Waals surface area contributed by atoms with Crippen LogP contribution in [-0.2, 0) is 14.4 Å². The van der Waals surface area contributed by atoms with E-state index < -0.39 is 30.1 Å². The van der Waals surface area contributed by atoms with Gasteiger partial charge in [0.2, 0.25) is 5.91 Å². The Bertz CT molecular complexity index is 349. The van der Waals surface area contributed by atoms with Crippen LogP contribution in [0.2, 0.25) is 0 Å². The van der Waals surface area contributed by atoms with Crippen LogP contribution in [0.4, 0.5) is 13.2 Å². The van der Waals surface area contributed by atoms with E-state index in [2.05, 4.69) is 5.32 Å². The minimum Gasteiger partial charge on any atom is -0.480 e. The van der Waals surface area contributed by atoms with Gasteiger partial charge >= 0.3 is 18.1 Å². The van der Waals surface area contributed by atoms with Crippen LogP contribution in [-0.4, -0.2) is 53.4 Å². The summed E-state index contributed by atoms with van der Waals surface area (Å²) >= 11 is 0. The van der Waals surface area contributed by atoms with E-state index in [-0.39, 0.29) is 6.54 Å². The number of carbonyl (C=O) groups is 3. The summed E-state index contributed by atoms with van der Waals surface area (Å²) in [6, 6.07) is -0.638. The second kappa shape index (κ2) is 10.9. The van der Waals surface area contributed by atoms with Gasteiger partial charge in [-0.2, -0.15) is 13.2 Å². The first-order chi connectivity index (χ1) is 9.52. The molecule has 0 aliphatic heterocycles. The van der Waals surface area contributed by atoms with Crippen LogP contribution in [0.1, 0.15) is 19.3 Å². The molecule has 0 aliphatic rings. The van der Waals surface area contributed by atoms with Crippen LogP contribution in [0.5, 0.6) is 0 Å². The Morgan fingerprint density at radius 2 is 1.62 bits per heavy atom. The minimum atomic E-state index is -5.08. The molecule has 0 rings (SSSR count). The van der Waals surface area contributed by atoms with Crippen LogP contribution < -0.4 is 16.8 Å². The van der Waals surface area contributed by atoms with Gasteiger partial charge in [-0.25, -0.2) is 4.79 Å². The lowest BCUT2D eigenvalue weighted by Gasteiger charge is -2.10. The predicted molar refractivity (Wildman–Crippen MR) is 65.2 cm³/mol. The van der Waals surface area contributed by atoms with Gasteiger partial charge < -0.3 is 27.0 Å². The van der Waals surface area contributed by atoms with Gasteiger partial charge in [0, 0.05) is 0 Å². The third-order valence-corrected chi connectivity index (χ3v) is 1.96. The number of hydrogen-bond acceptors (Lipinski definition) is 5. The number of hydrogen-bond donors (Lipinski definition) is 5. The average Bonchev–Trinajstić information content (AvgIpc) is 2.35. The number of carbonyl (C=O) groups excluding carboxylic acids is 1. The summed E-state index contributed by atoms with van der Waals surface area (Å²) < 4.78 is 31.7. The molecule has 8 nitrogen and oxygen atoms in total. The van der Waals surface area contributed by atoms with Gasteiger partial charge in [0.1, 0.15) is 6.54 Å². The van der Waals surface area contributed by atoms with Gasteiger partial charge in [-0.3, -0.25) is 9.59 Å². The number of unbranched alkanes of at least 4 members (excludes halogenated alkanes) is 1. The molecule has 0 aromatic heterocycles. The van der Waals surface area contributed by atoms with Crippen molar-refractivity contribution in [2.75, 3.05) is 13.1 Å². The zero-order valence-electron chi connectivity index (χ0n) is 11.0. The number of amides is 1. The smallest absolute Gasteiger partial charge is 0.480 e. The van der Waals surface area contributed by atoms with Crippen molar-refractivity contribution >= 4 is 17.8 Å². The maximum atomic E-state index is 11.1. The molecule has 21 heavy (non-hydrogen) atoms. The number of halogens is 3. The van der Waals surface area contributed by atoms with Crippen molar-refractivity contribution in [2.45, 2.75) is 31.5 Å². The molecule has 0 aliphatic carbocycles. The van der Waals surface area contributed by atoms with E-state index >= 15 is 0 Å². The van der Waals surface area contributed by atoms with Gasteiger partial charge in [0.05, 0.1) is 6.04 Å². The van der Waals surface area contributed by atoms with E-state index in [4.69, 9.17) is 26.5 Å². The zero-order chi connectivity index (χ0) is 17.1. The topological polar surface area (TPSA) is 156 Å². The Morgan fingerprint density at radius 1 is 1.14 bits per heavy atom. The number of nitrogens with two attached hydrogens (primary N) is 2. The fourth-order valence-electron chi connectivity index (χ4n) is 0.934. The molecule has 7 N–H and O–H groups in total. The monoisotopic (exact) mass is 317 g/mol. The molecule has 11 heteroatoms. The quantitative estimate of drug-likeness (QED) is 0.388. The van der Waals surface area contributed by atoms with Crippen molar-refractivity contribution in [3.63, 3.8) is 0 Å². The second-order valence-electron chi connectivity index (χ2n) is 3.81. The molecule has 1 atom stereocenters. The number of alkyl halides is 3. The third-order valence-electron chi connectivity index (χ3n) is 1.96. The number of carboxylic acid groups (broad SMARTS) is 2. The molecule has 0 aromatic rings. The van der Waals surface area contributed by atoms with E-state index in [0.717, 1.165) is 12.8 Å². The highest BCUT2D eigenvalue weighted by Gasteiger charge is 2.38. The normalized spacial score (nSPS) is 11.9. The van der Waals surface area contributed by atoms with Crippen molar-refractivity contribution in [3.05, 3.63) is 0 Å². The summed E-state index contributed by atoms with van der Waals surface area (Å²) in [5, 5.41) is 17.6. The Kier molecular flexibility index (Phi) is 11.1. The minimum absolute atomic E-state index is 0.385. The van der Waals surface area contributed by atoms with E-state index in [1.165, 1.54) is 0 Å². The first-order valence-electron chi connectivity index (χ1n) is 5.77. The van der Waals surface area contributed by atoms with Crippen molar-refractivity contribution in [1.29, 1.82) is 0 Å². The summed E-state index contributed by atoms with van der Waals surface area (Å²) in [7, 11) is 0. The van der Waals surface area contributed by atoms with Gasteiger partial charge in [-0.15, -0.1) is 0 Å². The lowest BCUT2D eigenvalue weighted by molar-refractivity contribution is -0.192. The molecular weight excluding hydrogens is 299 g/mol. The van der Waals surface area contributed by atoms with E-state index in [1.807, 2.05) is 0 Å². The van der Waals surface area contributed by atoms with Crippen LogP contribution in [0.3, 0.4) is 0 Å². The lowest BCUT2D eigenvalue weighted by Crippen LogP contribution is -2.42. The van der Waals surface area contributed by atoms with Gasteiger partial charge in [-0.1, -0.05) is 6.42 Å². The van der Waals surface area contributed by atoms with E-state index in [0.29, 0.717) is 13.0 Å². The molecule has 0 heterocycles. The number of carboxylic acids is 2. The zero-order valence-corrected chi connectivity index (χ0v) is 11.0. The van der Waals surface area contributed by atoms with Crippen LogP contribution >= 0.6 is 0 Å². The molecule has 0 saturated heterocycles. The van der Waals surface area contributed by atoms with Gasteiger partial charge in [0.15, 0.2) is 0 Å². The fraction of sp³-hybridized carbons (Fsp3) is 0.700. The molecule has 0 spiro atoms. The predicted octanol–water partition coefficient (Wildman–Crippen LogP) is -0.723. The van der Waals surface area contributed by atoms with Gasteiger partial charge in [0.25, 0.3) is 0 Å². The number of nitrogens with one attached hydrogen (secondary N) is 1. The van der Waals surface area contributed by atoms with Crippen LogP contribution in [0, 0.1) is 0 Å². The highest BCUT2D eigenvalue weighted by molar-refractivity contribution is 5.84. The molecule has 0 saturated carbocycles. The third kappa shape index (κ3) is 14.3. The van der Waals surface area contributed by atoms with Crippen LogP contribution in [0.25, 0.3) is 0 Å². The molecule has 0 bridgehead atoms. The Morgan fingerprint density at radius 3 is 1.95 bits per heavy atom. The fourth-order valence-corrected chi connectivity index (χ4v) is 0.934. The summed E-state index contributed by atoms with van der Waals surface area (Å²) in [6.45, 7) is 0.187. The molecule has 0 aromatic carbocycles. The first kappa shape index (κ1) is 21.4. The molecule has 124 valence electrons. The van der Waals surface area contributed by atoms with Crippen molar-refractivity contribution < 1.29 is 37.8 Å². The summed E-state index contributed by atoms with van der Waals surface area (Å²) in [4.78, 5) is 30.1. The first-order valence-corrected chi connectivity index (χ1v) is 5.77.